The number of rotatable bonds is 8. The summed E-state index contributed by atoms with van der Waals surface area (Å²) in [6.45, 7) is 5.98. The number of carbonyl (C=O) groups is 1. The van der Waals surface area contributed by atoms with Crippen LogP contribution >= 0.6 is 11.5 Å². The third-order valence-corrected chi connectivity index (χ3v) is 5.60. The SMILES string of the molecule is CCC(C)Oc1ccc(-c2nc(-c3ccc(CCC(=O)O)cc3C)ns2)cc1C#N. The molecule has 154 valence electrons. The van der Waals surface area contributed by atoms with Crippen molar-refractivity contribution >= 4 is 17.5 Å². The largest absolute Gasteiger partial charge is 0.489 e. The molecule has 0 aliphatic rings. The van der Waals surface area contributed by atoms with Crippen molar-refractivity contribution in [3.05, 3.63) is 53.1 Å². The number of hydrogen-bond acceptors (Lipinski definition) is 6. The molecule has 0 saturated heterocycles. The Hall–Kier alpha value is -3.24. The zero-order valence-corrected chi connectivity index (χ0v) is 18.0. The Morgan fingerprint density at radius 2 is 2.10 bits per heavy atom. The molecule has 1 atom stereocenters. The molecule has 2 aromatic carbocycles. The molecule has 3 aromatic rings. The van der Waals surface area contributed by atoms with E-state index in [1.54, 1.807) is 6.07 Å². The zero-order valence-electron chi connectivity index (χ0n) is 17.2. The molecule has 0 aliphatic carbocycles. The second-order valence-corrected chi connectivity index (χ2v) is 7.88. The summed E-state index contributed by atoms with van der Waals surface area (Å²) in [5, 5.41) is 19.1. The Kier molecular flexibility index (Phi) is 6.80. The van der Waals surface area contributed by atoms with Crippen molar-refractivity contribution in [3.8, 4) is 33.8 Å². The molecule has 0 radical (unpaired) electrons. The van der Waals surface area contributed by atoms with Gasteiger partial charge in [0.05, 0.1) is 11.7 Å². The minimum Gasteiger partial charge on any atom is -0.489 e. The van der Waals surface area contributed by atoms with Gasteiger partial charge in [-0.2, -0.15) is 9.64 Å². The van der Waals surface area contributed by atoms with E-state index in [1.807, 2.05) is 51.1 Å². The summed E-state index contributed by atoms with van der Waals surface area (Å²) in [5.74, 6) is 0.392. The van der Waals surface area contributed by atoms with Crippen LogP contribution in [0, 0.1) is 18.3 Å². The second kappa shape index (κ2) is 9.51. The van der Waals surface area contributed by atoms with Crippen LogP contribution in [0.5, 0.6) is 5.75 Å². The molecule has 0 fully saturated rings. The topological polar surface area (TPSA) is 96.1 Å². The summed E-state index contributed by atoms with van der Waals surface area (Å²) in [5.41, 5.74) is 4.18. The number of aliphatic carboxylic acids is 1. The fraction of sp³-hybridized carbons (Fsp3) is 0.304. The van der Waals surface area contributed by atoms with E-state index in [0.717, 1.165) is 33.7 Å². The van der Waals surface area contributed by atoms with Gasteiger partial charge in [0.1, 0.15) is 16.8 Å². The van der Waals surface area contributed by atoms with E-state index in [2.05, 4.69) is 15.4 Å². The van der Waals surface area contributed by atoms with E-state index in [9.17, 15) is 10.1 Å². The highest BCUT2D eigenvalue weighted by molar-refractivity contribution is 7.09. The lowest BCUT2D eigenvalue weighted by Gasteiger charge is -2.14. The number of aryl methyl sites for hydroxylation is 2. The van der Waals surface area contributed by atoms with Crippen LogP contribution in [0.25, 0.3) is 22.0 Å². The van der Waals surface area contributed by atoms with Gasteiger partial charge in [0.15, 0.2) is 5.82 Å². The number of hydrogen-bond donors (Lipinski definition) is 1. The van der Waals surface area contributed by atoms with Gasteiger partial charge in [-0.25, -0.2) is 4.98 Å². The van der Waals surface area contributed by atoms with Crippen molar-refractivity contribution in [2.24, 2.45) is 0 Å². The number of ether oxygens (including phenoxy) is 1. The van der Waals surface area contributed by atoms with Gasteiger partial charge in [0.2, 0.25) is 0 Å². The summed E-state index contributed by atoms with van der Waals surface area (Å²) in [6, 6.07) is 13.5. The predicted molar refractivity (Wildman–Crippen MR) is 117 cm³/mol. The molecular weight excluding hydrogens is 398 g/mol. The lowest BCUT2D eigenvalue weighted by atomic mass is 10.0. The number of aromatic nitrogens is 2. The van der Waals surface area contributed by atoms with Crippen LogP contribution in [-0.2, 0) is 11.2 Å². The maximum absolute atomic E-state index is 10.8. The summed E-state index contributed by atoms with van der Waals surface area (Å²) in [4.78, 5) is 15.4. The Morgan fingerprint density at radius 1 is 1.30 bits per heavy atom. The maximum Gasteiger partial charge on any atom is 0.303 e. The van der Waals surface area contributed by atoms with Gasteiger partial charge in [-0.05, 0) is 67.5 Å². The van der Waals surface area contributed by atoms with Crippen LogP contribution in [0.4, 0.5) is 0 Å². The standard InChI is InChI=1S/C23H23N3O3S/c1-4-15(3)29-20-9-7-17(12-18(20)13-24)23-25-22(26-30-23)19-8-5-16(11-14(19)2)6-10-21(27)28/h5,7-9,11-12,15H,4,6,10H2,1-3H3,(H,27,28). The van der Waals surface area contributed by atoms with Gasteiger partial charge in [0, 0.05) is 17.5 Å². The third-order valence-electron chi connectivity index (χ3n) is 4.84. The molecule has 1 aromatic heterocycles. The van der Waals surface area contributed by atoms with Gasteiger partial charge < -0.3 is 9.84 Å². The molecule has 30 heavy (non-hydrogen) atoms. The molecule has 0 bridgehead atoms. The molecule has 0 spiro atoms. The van der Waals surface area contributed by atoms with Crippen LogP contribution in [0.15, 0.2) is 36.4 Å². The number of nitrogens with zero attached hydrogens (tertiary/aromatic N) is 3. The maximum atomic E-state index is 10.8. The number of carboxylic acid groups (broad SMARTS) is 1. The third kappa shape index (κ3) is 5.02. The summed E-state index contributed by atoms with van der Waals surface area (Å²) < 4.78 is 10.3. The van der Waals surface area contributed by atoms with Crippen LogP contribution in [0.2, 0.25) is 0 Å². The molecule has 0 amide bonds. The molecule has 1 heterocycles. The minimum absolute atomic E-state index is 0.0394. The molecule has 0 aliphatic heterocycles. The normalized spacial score (nSPS) is 11.7. The van der Waals surface area contributed by atoms with E-state index >= 15 is 0 Å². The molecule has 1 N–H and O–H groups in total. The highest BCUT2D eigenvalue weighted by atomic mass is 32.1. The van der Waals surface area contributed by atoms with Crippen molar-refractivity contribution in [3.63, 3.8) is 0 Å². The molecule has 0 saturated carbocycles. The van der Waals surface area contributed by atoms with E-state index < -0.39 is 5.97 Å². The van der Waals surface area contributed by atoms with Crippen molar-refractivity contribution < 1.29 is 14.6 Å². The Balaban J connectivity index is 1.84. The Morgan fingerprint density at radius 3 is 2.77 bits per heavy atom. The molecular formula is C23H23N3O3S. The Bertz CT molecular complexity index is 1100. The van der Waals surface area contributed by atoms with E-state index in [4.69, 9.17) is 9.84 Å². The molecule has 3 rings (SSSR count). The fourth-order valence-electron chi connectivity index (χ4n) is 2.99. The average molecular weight is 422 g/mol. The van der Waals surface area contributed by atoms with Gasteiger partial charge >= 0.3 is 5.97 Å². The van der Waals surface area contributed by atoms with Crippen molar-refractivity contribution in [1.29, 1.82) is 5.26 Å². The molecule has 7 heteroatoms. The highest BCUT2D eigenvalue weighted by Crippen LogP contribution is 2.31. The van der Waals surface area contributed by atoms with E-state index in [0.29, 0.717) is 23.6 Å². The first kappa shape index (κ1) is 21.5. The number of nitriles is 1. The fourth-order valence-corrected chi connectivity index (χ4v) is 3.66. The average Bonchev–Trinajstić information content (AvgIpc) is 3.22. The quantitative estimate of drug-likeness (QED) is 0.534. The summed E-state index contributed by atoms with van der Waals surface area (Å²) in [6.07, 6.45) is 1.50. The van der Waals surface area contributed by atoms with Crippen LogP contribution in [0.1, 0.15) is 43.4 Å². The predicted octanol–water partition coefficient (Wildman–Crippen LogP) is 5.25. The van der Waals surface area contributed by atoms with Crippen molar-refractivity contribution in [2.45, 2.75) is 46.1 Å². The first-order chi connectivity index (χ1) is 14.4. The van der Waals surface area contributed by atoms with Crippen LogP contribution in [-0.4, -0.2) is 26.5 Å². The first-order valence-corrected chi connectivity index (χ1v) is 10.5. The Labute approximate surface area is 180 Å². The van der Waals surface area contributed by atoms with E-state index in [1.165, 1.54) is 11.5 Å². The van der Waals surface area contributed by atoms with Crippen molar-refractivity contribution in [2.75, 3.05) is 0 Å². The van der Waals surface area contributed by atoms with Gasteiger partial charge in [-0.3, -0.25) is 4.79 Å². The van der Waals surface area contributed by atoms with Gasteiger partial charge in [-0.15, -0.1) is 0 Å². The number of benzene rings is 2. The molecule has 1 unspecified atom stereocenters. The van der Waals surface area contributed by atoms with Crippen LogP contribution in [0.3, 0.4) is 0 Å². The zero-order chi connectivity index (χ0) is 21.7. The summed E-state index contributed by atoms with van der Waals surface area (Å²) >= 11 is 1.28. The lowest BCUT2D eigenvalue weighted by molar-refractivity contribution is -0.136. The van der Waals surface area contributed by atoms with Crippen LogP contribution < -0.4 is 4.74 Å². The molecule has 6 nitrogen and oxygen atoms in total. The minimum atomic E-state index is -0.806. The lowest BCUT2D eigenvalue weighted by Crippen LogP contribution is -2.10. The van der Waals surface area contributed by atoms with Gasteiger partial charge in [-0.1, -0.05) is 25.1 Å². The smallest absolute Gasteiger partial charge is 0.303 e. The summed E-state index contributed by atoms with van der Waals surface area (Å²) in [7, 11) is 0. The first-order valence-electron chi connectivity index (χ1n) is 9.77. The van der Waals surface area contributed by atoms with Gasteiger partial charge in [0.25, 0.3) is 0 Å². The van der Waals surface area contributed by atoms with Crippen molar-refractivity contribution in [1.82, 2.24) is 9.36 Å². The highest BCUT2D eigenvalue weighted by Gasteiger charge is 2.14. The second-order valence-electron chi connectivity index (χ2n) is 7.13. The monoisotopic (exact) mass is 421 g/mol. The number of carboxylic acids is 1. The van der Waals surface area contributed by atoms with E-state index in [-0.39, 0.29) is 12.5 Å².